The third-order valence-corrected chi connectivity index (χ3v) is 3.21. The fraction of sp³-hybridized carbons (Fsp3) is 0.562. The highest BCUT2D eigenvalue weighted by molar-refractivity contribution is 5.67. The Balaban J connectivity index is 2.34. The first-order valence-electron chi connectivity index (χ1n) is 7.26. The molecule has 112 valence electrons. The first-order valence-corrected chi connectivity index (χ1v) is 7.26. The molecule has 0 aliphatic carbocycles. The van der Waals surface area contributed by atoms with Crippen molar-refractivity contribution in [2.24, 2.45) is 0 Å². The number of carbonyl (C=O) groups is 1. The molecule has 0 bridgehead atoms. The van der Waals surface area contributed by atoms with Gasteiger partial charge in [-0.25, -0.2) is 4.79 Å². The first-order chi connectivity index (χ1) is 9.59. The number of nitrogens with one attached hydrogen (secondary N) is 1. The summed E-state index contributed by atoms with van der Waals surface area (Å²) < 4.78 is 5.12. The van der Waals surface area contributed by atoms with E-state index in [1.54, 1.807) is 0 Å². The van der Waals surface area contributed by atoms with E-state index in [4.69, 9.17) is 4.74 Å². The number of aliphatic hydroxyl groups is 1. The zero-order valence-corrected chi connectivity index (χ0v) is 12.4. The van der Waals surface area contributed by atoms with E-state index in [0.717, 1.165) is 18.4 Å². The molecular weight excluding hydrogens is 254 g/mol. The molecule has 0 saturated heterocycles. The van der Waals surface area contributed by atoms with Gasteiger partial charge in [-0.3, -0.25) is 0 Å². The van der Waals surface area contributed by atoms with Gasteiger partial charge in [-0.15, -0.1) is 0 Å². The molecule has 20 heavy (non-hydrogen) atoms. The van der Waals surface area contributed by atoms with Gasteiger partial charge in [-0.1, -0.05) is 57.0 Å². The summed E-state index contributed by atoms with van der Waals surface area (Å²) in [6.45, 7) is 4.53. The van der Waals surface area contributed by atoms with Gasteiger partial charge >= 0.3 is 6.09 Å². The number of alkyl carbamates (subject to hydrolysis) is 1. The van der Waals surface area contributed by atoms with Crippen LogP contribution in [0.15, 0.2) is 30.3 Å². The molecule has 0 heterocycles. The number of ether oxygens (including phenoxy) is 1. The van der Waals surface area contributed by atoms with Crippen molar-refractivity contribution in [1.29, 1.82) is 0 Å². The van der Waals surface area contributed by atoms with Crippen LogP contribution in [0.4, 0.5) is 4.79 Å². The largest absolute Gasteiger partial charge is 0.445 e. The molecule has 2 N–H and O–H groups in total. The Morgan fingerprint density at radius 1 is 1.20 bits per heavy atom. The quantitative estimate of drug-likeness (QED) is 0.768. The molecule has 0 atom stereocenters. The van der Waals surface area contributed by atoms with Crippen molar-refractivity contribution >= 4 is 6.09 Å². The summed E-state index contributed by atoms with van der Waals surface area (Å²) in [4.78, 5) is 11.6. The SMILES string of the molecule is CCCC(O)(CCC)CNC(=O)OCc1ccccc1. The van der Waals surface area contributed by atoms with Crippen LogP contribution in [-0.4, -0.2) is 23.3 Å². The van der Waals surface area contributed by atoms with Gasteiger partial charge in [0, 0.05) is 6.54 Å². The molecule has 0 spiro atoms. The maximum Gasteiger partial charge on any atom is 0.407 e. The van der Waals surface area contributed by atoms with Crippen LogP contribution >= 0.6 is 0 Å². The van der Waals surface area contributed by atoms with E-state index in [-0.39, 0.29) is 13.2 Å². The normalized spacial score (nSPS) is 11.2. The van der Waals surface area contributed by atoms with Crippen molar-refractivity contribution in [2.75, 3.05) is 6.54 Å². The molecule has 0 aliphatic heterocycles. The first kappa shape index (κ1) is 16.5. The molecule has 0 fully saturated rings. The lowest BCUT2D eigenvalue weighted by Crippen LogP contribution is -2.43. The van der Waals surface area contributed by atoms with Crippen molar-refractivity contribution < 1.29 is 14.6 Å². The van der Waals surface area contributed by atoms with Crippen molar-refractivity contribution in [1.82, 2.24) is 5.32 Å². The van der Waals surface area contributed by atoms with Crippen LogP contribution < -0.4 is 5.32 Å². The van der Waals surface area contributed by atoms with E-state index in [1.807, 2.05) is 44.2 Å². The lowest BCUT2D eigenvalue weighted by molar-refractivity contribution is 0.0203. The minimum atomic E-state index is -0.824. The van der Waals surface area contributed by atoms with Gasteiger partial charge in [0.2, 0.25) is 0 Å². The smallest absolute Gasteiger partial charge is 0.407 e. The second kappa shape index (κ2) is 8.59. The molecule has 1 rings (SSSR count). The summed E-state index contributed by atoms with van der Waals surface area (Å²) in [6, 6.07) is 9.52. The minimum Gasteiger partial charge on any atom is -0.445 e. The molecule has 0 saturated carbocycles. The maximum absolute atomic E-state index is 11.6. The van der Waals surface area contributed by atoms with Crippen LogP contribution in [0.3, 0.4) is 0 Å². The van der Waals surface area contributed by atoms with Gasteiger partial charge in [-0.2, -0.15) is 0 Å². The average molecular weight is 279 g/mol. The molecule has 0 aliphatic rings. The van der Waals surface area contributed by atoms with Gasteiger partial charge in [0.05, 0.1) is 5.60 Å². The van der Waals surface area contributed by atoms with E-state index < -0.39 is 11.7 Å². The van der Waals surface area contributed by atoms with Crippen LogP contribution in [-0.2, 0) is 11.3 Å². The Morgan fingerprint density at radius 2 is 1.80 bits per heavy atom. The highest BCUT2D eigenvalue weighted by Crippen LogP contribution is 2.18. The Bertz CT molecular complexity index is 386. The maximum atomic E-state index is 11.6. The van der Waals surface area contributed by atoms with Gasteiger partial charge < -0.3 is 15.2 Å². The summed E-state index contributed by atoms with van der Waals surface area (Å²) in [5.74, 6) is 0. The zero-order valence-electron chi connectivity index (χ0n) is 12.4. The zero-order chi connectivity index (χ0) is 14.8. The Hall–Kier alpha value is -1.55. The van der Waals surface area contributed by atoms with E-state index in [2.05, 4.69) is 5.32 Å². The Kier molecular flexibility index (Phi) is 7.09. The molecule has 0 radical (unpaired) electrons. The molecule has 4 heteroatoms. The standard InChI is InChI=1S/C16H25NO3/c1-3-10-16(19,11-4-2)13-17-15(18)20-12-14-8-6-5-7-9-14/h5-9,19H,3-4,10-13H2,1-2H3,(H,17,18). The summed E-state index contributed by atoms with van der Waals surface area (Å²) in [5.41, 5.74) is 0.120. The third kappa shape index (κ3) is 6.06. The molecule has 1 aromatic rings. The fourth-order valence-corrected chi connectivity index (χ4v) is 2.24. The number of benzene rings is 1. The van der Waals surface area contributed by atoms with Gasteiger partial charge in [0.15, 0.2) is 0 Å². The predicted octanol–water partition coefficient (Wildman–Crippen LogP) is 3.24. The van der Waals surface area contributed by atoms with Crippen molar-refractivity contribution in [3.8, 4) is 0 Å². The number of amides is 1. The van der Waals surface area contributed by atoms with E-state index in [9.17, 15) is 9.90 Å². The number of rotatable bonds is 8. The average Bonchev–Trinajstić information content (AvgIpc) is 2.45. The molecule has 1 amide bonds. The lowest BCUT2D eigenvalue weighted by Gasteiger charge is -2.27. The van der Waals surface area contributed by atoms with Gasteiger partial charge in [0.25, 0.3) is 0 Å². The lowest BCUT2D eigenvalue weighted by atomic mass is 9.93. The molecular formula is C16H25NO3. The highest BCUT2D eigenvalue weighted by Gasteiger charge is 2.25. The number of hydrogen-bond acceptors (Lipinski definition) is 3. The van der Waals surface area contributed by atoms with Crippen molar-refractivity contribution in [3.63, 3.8) is 0 Å². The second-order valence-electron chi connectivity index (χ2n) is 5.14. The van der Waals surface area contributed by atoms with Crippen LogP contribution in [0.5, 0.6) is 0 Å². The molecule has 0 unspecified atom stereocenters. The highest BCUT2D eigenvalue weighted by atomic mass is 16.5. The fourth-order valence-electron chi connectivity index (χ4n) is 2.24. The summed E-state index contributed by atoms with van der Waals surface area (Å²) >= 11 is 0. The van der Waals surface area contributed by atoms with E-state index in [0.29, 0.717) is 12.8 Å². The van der Waals surface area contributed by atoms with Crippen LogP contribution in [0.2, 0.25) is 0 Å². The topological polar surface area (TPSA) is 58.6 Å². The van der Waals surface area contributed by atoms with Gasteiger partial charge in [0.1, 0.15) is 6.61 Å². The minimum absolute atomic E-state index is 0.238. The summed E-state index contributed by atoms with van der Waals surface area (Å²) in [6.07, 6.45) is 2.65. The summed E-state index contributed by atoms with van der Waals surface area (Å²) in [5, 5.41) is 13.0. The monoisotopic (exact) mass is 279 g/mol. The van der Waals surface area contributed by atoms with Crippen molar-refractivity contribution in [3.05, 3.63) is 35.9 Å². The van der Waals surface area contributed by atoms with Crippen LogP contribution in [0, 0.1) is 0 Å². The third-order valence-electron chi connectivity index (χ3n) is 3.21. The predicted molar refractivity (Wildman–Crippen MR) is 79.4 cm³/mol. The summed E-state index contributed by atoms with van der Waals surface area (Å²) in [7, 11) is 0. The van der Waals surface area contributed by atoms with Gasteiger partial charge in [-0.05, 0) is 18.4 Å². The van der Waals surface area contributed by atoms with Crippen LogP contribution in [0.1, 0.15) is 45.1 Å². The van der Waals surface area contributed by atoms with E-state index in [1.165, 1.54) is 0 Å². The molecule has 4 nitrogen and oxygen atoms in total. The number of hydrogen-bond donors (Lipinski definition) is 2. The number of carbonyl (C=O) groups excluding carboxylic acids is 1. The molecule has 1 aromatic carbocycles. The van der Waals surface area contributed by atoms with E-state index >= 15 is 0 Å². The Morgan fingerprint density at radius 3 is 2.35 bits per heavy atom. The second-order valence-corrected chi connectivity index (χ2v) is 5.14. The molecule has 0 aromatic heterocycles. The Labute approximate surface area is 121 Å². The van der Waals surface area contributed by atoms with Crippen LogP contribution in [0.25, 0.3) is 0 Å². The van der Waals surface area contributed by atoms with Crippen molar-refractivity contribution in [2.45, 2.75) is 51.7 Å².